The highest BCUT2D eigenvalue weighted by molar-refractivity contribution is 7.73. The van der Waals surface area contributed by atoms with Crippen molar-refractivity contribution in [2.75, 3.05) is 6.54 Å². The zero-order chi connectivity index (χ0) is 28.0. The molecule has 2 aromatic carbocycles. The van der Waals surface area contributed by atoms with Gasteiger partial charge in [-0.05, 0) is 43.3 Å². The Morgan fingerprint density at radius 3 is 2.32 bits per heavy atom. The maximum absolute atomic E-state index is 13.1. The Hall–Kier alpha value is -3.01. The van der Waals surface area contributed by atoms with E-state index >= 15 is 0 Å². The summed E-state index contributed by atoms with van der Waals surface area (Å²) in [6.07, 6.45) is 2.72. The van der Waals surface area contributed by atoms with Gasteiger partial charge in [-0.3, -0.25) is 18.2 Å². The van der Waals surface area contributed by atoms with Crippen molar-refractivity contribution in [2.24, 2.45) is 0 Å². The summed E-state index contributed by atoms with van der Waals surface area (Å²) in [6, 6.07) is 14.8. The van der Waals surface area contributed by atoms with Crippen LogP contribution in [-0.4, -0.2) is 38.8 Å². The number of benzene rings is 2. The average Bonchev–Trinajstić information content (AvgIpc) is 2.84. The van der Waals surface area contributed by atoms with Gasteiger partial charge in [-0.15, -0.1) is 0 Å². The minimum absolute atomic E-state index is 0.145. The van der Waals surface area contributed by atoms with Gasteiger partial charge >= 0.3 is 21.3 Å². The topological polar surface area (TPSA) is 161 Å². The number of allylic oxidation sites excluding steroid dienone is 4. The molecular weight excluding hydrogens is 536 g/mol. The number of ether oxygens (including phenoxy) is 2. The standard InChI is InChI=1S/C25H29NO10P2/c1-4-10-19(20-11-6-5-7-12-20)15-16-26-17-25(28)37(29,30)35-23(36-38(25,31)32)21-13-8-9-14-22(21)34-24(27)33-18(2)3/h4-16,18,23,26,28H,1,17H2,2-3H3,(H,29,30)(H,31,32)/b16-15-,19-10+. The van der Waals surface area contributed by atoms with Crippen molar-refractivity contribution >= 4 is 26.9 Å². The Morgan fingerprint density at radius 2 is 1.71 bits per heavy atom. The largest absolute Gasteiger partial charge is 0.514 e. The molecule has 0 aromatic heterocycles. The summed E-state index contributed by atoms with van der Waals surface area (Å²) in [6.45, 7) is 6.00. The fraction of sp³-hybridized carbons (Fsp3) is 0.240. The van der Waals surface area contributed by atoms with Crippen molar-refractivity contribution in [1.82, 2.24) is 5.32 Å². The minimum Gasteiger partial charge on any atom is -0.431 e. The van der Waals surface area contributed by atoms with Crippen molar-refractivity contribution in [3.8, 4) is 5.75 Å². The Balaban J connectivity index is 1.79. The van der Waals surface area contributed by atoms with Crippen LogP contribution in [0.25, 0.3) is 5.57 Å². The second-order valence-electron chi connectivity index (χ2n) is 8.35. The molecule has 204 valence electrons. The van der Waals surface area contributed by atoms with Gasteiger partial charge in [0.1, 0.15) is 5.75 Å². The van der Waals surface area contributed by atoms with Crippen LogP contribution in [0.4, 0.5) is 4.79 Å². The molecule has 1 saturated heterocycles. The zero-order valence-corrected chi connectivity index (χ0v) is 22.5. The van der Waals surface area contributed by atoms with Gasteiger partial charge in [0.15, 0.2) is 0 Å². The Bertz CT molecular complexity index is 1280. The van der Waals surface area contributed by atoms with E-state index in [9.17, 15) is 28.8 Å². The average molecular weight is 565 g/mol. The van der Waals surface area contributed by atoms with E-state index in [2.05, 4.69) is 11.9 Å². The molecule has 0 spiro atoms. The zero-order valence-electron chi connectivity index (χ0n) is 20.7. The third kappa shape index (κ3) is 6.70. The number of aliphatic hydroxyl groups is 1. The maximum atomic E-state index is 13.1. The fourth-order valence-electron chi connectivity index (χ4n) is 3.35. The van der Waals surface area contributed by atoms with Gasteiger partial charge in [0.2, 0.25) is 6.29 Å². The van der Waals surface area contributed by atoms with Crippen LogP contribution >= 0.6 is 15.2 Å². The van der Waals surface area contributed by atoms with Crippen LogP contribution in [0.1, 0.15) is 31.3 Å². The van der Waals surface area contributed by atoms with Crippen LogP contribution in [0.3, 0.4) is 0 Å². The monoisotopic (exact) mass is 565 g/mol. The van der Waals surface area contributed by atoms with E-state index in [1.165, 1.54) is 30.5 Å². The number of hydrogen-bond acceptors (Lipinski definition) is 9. The van der Waals surface area contributed by atoms with E-state index in [4.69, 9.17) is 18.5 Å². The van der Waals surface area contributed by atoms with Gasteiger partial charge in [0.05, 0.1) is 18.2 Å². The highest BCUT2D eigenvalue weighted by atomic mass is 31.2. The molecular formula is C25H29NO10P2. The van der Waals surface area contributed by atoms with E-state index in [1.54, 1.807) is 32.1 Å². The van der Waals surface area contributed by atoms with Crippen LogP contribution < -0.4 is 10.1 Å². The summed E-state index contributed by atoms with van der Waals surface area (Å²) < 4.78 is 46.3. The van der Waals surface area contributed by atoms with E-state index in [0.717, 1.165) is 5.56 Å². The highest BCUT2D eigenvalue weighted by Gasteiger charge is 2.67. The van der Waals surface area contributed by atoms with Gasteiger partial charge in [0, 0.05) is 0 Å². The van der Waals surface area contributed by atoms with Gasteiger partial charge < -0.3 is 29.7 Å². The maximum Gasteiger partial charge on any atom is 0.514 e. The van der Waals surface area contributed by atoms with Crippen molar-refractivity contribution in [1.29, 1.82) is 0 Å². The first kappa shape index (κ1) is 29.5. The molecule has 0 bridgehead atoms. The molecule has 38 heavy (non-hydrogen) atoms. The molecule has 1 heterocycles. The second-order valence-corrected chi connectivity index (χ2v) is 12.7. The molecule has 11 nitrogen and oxygen atoms in total. The number of hydrogen-bond donors (Lipinski definition) is 4. The third-order valence-electron chi connectivity index (χ3n) is 5.21. The summed E-state index contributed by atoms with van der Waals surface area (Å²) in [5, 5.41) is 10.2. The number of para-hydroxylation sites is 1. The number of carbonyl (C=O) groups is 1. The molecule has 1 aliphatic rings. The lowest BCUT2D eigenvalue weighted by molar-refractivity contribution is -0.0581. The second kappa shape index (κ2) is 12.2. The quantitative estimate of drug-likeness (QED) is 0.139. The molecule has 13 heteroatoms. The molecule has 0 radical (unpaired) electrons. The summed E-state index contributed by atoms with van der Waals surface area (Å²) >= 11 is 0. The molecule has 2 atom stereocenters. The molecule has 2 aromatic rings. The van der Waals surface area contributed by atoms with E-state index in [1.807, 2.05) is 30.3 Å². The van der Waals surface area contributed by atoms with Crippen molar-refractivity contribution < 1.29 is 47.3 Å². The number of carbonyl (C=O) groups excluding carboxylic acids is 1. The van der Waals surface area contributed by atoms with Crippen LogP contribution in [-0.2, 0) is 22.9 Å². The van der Waals surface area contributed by atoms with Crippen molar-refractivity contribution in [3.63, 3.8) is 0 Å². The summed E-state index contributed by atoms with van der Waals surface area (Å²) in [7, 11) is -10.5. The molecule has 0 amide bonds. The molecule has 1 aliphatic heterocycles. The lowest BCUT2D eigenvalue weighted by atomic mass is 10.1. The predicted octanol–water partition coefficient (Wildman–Crippen LogP) is 5.05. The smallest absolute Gasteiger partial charge is 0.431 e. The first-order valence-electron chi connectivity index (χ1n) is 11.4. The van der Waals surface area contributed by atoms with Crippen LogP contribution in [0, 0.1) is 0 Å². The Morgan fingerprint density at radius 1 is 1.11 bits per heavy atom. The third-order valence-corrected chi connectivity index (χ3v) is 9.80. The van der Waals surface area contributed by atoms with Gasteiger partial charge in [-0.2, -0.15) is 0 Å². The molecule has 1 fully saturated rings. The van der Waals surface area contributed by atoms with Crippen LogP contribution in [0.15, 0.2) is 85.6 Å². The highest BCUT2D eigenvalue weighted by Crippen LogP contribution is 2.78. The molecule has 0 aliphatic carbocycles. The van der Waals surface area contributed by atoms with Crippen LogP contribution in [0.5, 0.6) is 5.75 Å². The summed E-state index contributed by atoms with van der Waals surface area (Å²) in [5.74, 6) is -0.197. The van der Waals surface area contributed by atoms with Gasteiger partial charge in [-0.1, -0.05) is 67.3 Å². The fourth-order valence-corrected chi connectivity index (χ4v) is 6.73. The number of nitrogens with one attached hydrogen (secondary N) is 1. The summed E-state index contributed by atoms with van der Waals surface area (Å²) in [4.78, 5) is 33.1. The van der Waals surface area contributed by atoms with E-state index < -0.39 is 45.4 Å². The Kier molecular flexibility index (Phi) is 9.51. The molecule has 4 N–H and O–H groups in total. The first-order valence-corrected chi connectivity index (χ1v) is 14.6. The first-order chi connectivity index (χ1) is 17.9. The molecule has 3 rings (SSSR count). The van der Waals surface area contributed by atoms with Gasteiger partial charge in [0.25, 0.3) is 5.08 Å². The predicted molar refractivity (Wildman–Crippen MR) is 140 cm³/mol. The van der Waals surface area contributed by atoms with E-state index in [0.29, 0.717) is 5.57 Å². The lowest BCUT2D eigenvalue weighted by Crippen LogP contribution is -2.43. The lowest BCUT2D eigenvalue weighted by Gasteiger charge is -2.41. The Labute approximate surface area is 220 Å². The van der Waals surface area contributed by atoms with Gasteiger partial charge in [-0.25, -0.2) is 4.79 Å². The molecule has 2 unspecified atom stereocenters. The van der Waals surface area contributed by atoms with Crippen molar-refractivity contribution in [3.05, 3.63) is 96.7 Å². The van der Waals surface area contributed by atoms with E-state index in [-0.39, 0.29) is 11.3 Å². The minimum atomic E-state index is -5.24. The van der Waals surface area contributed by atoms with Crippen LogP contribution in [0.2, 0.25) is 0 Å². The molecule has 0 saturated carbocycles. The normalized spacial score (nSPS) is 27.7. The number of rotatable bonds is 9. The SMILES string of the molecule is C=C/C=C(\C=C/NCC1(O)P(=O)(O)OC(c2ccccc2OC(=O)OC(C)C)OP1(=O)O)c1ccccc1. The van der Waals surface area contributed by atoms with Crippen molar-refractivity contribution in [2.45, 2.75) is 31.3 Å². The summed E-state index contributed by atoms with van der Waals surface area (Å²) in [5.41, 5.74) is 1.41.